The lowest BCUT2D eigenvalue weighted by Gasteiger charge is -2.04. The molecule has 0 radical (unpaired) electrons. The van der Waals surface area contributed by atoms with Gasteiger partial charge in [0.15, 0.2) is 5.82 Å². The molecule has 0 bridgehead atoms. The fourth-order valence-corrected chi connectivity index (χ4v) is 3.82. The van der Waals surface area contributed by atoms with Crippen LogP contribution in [0.25, 0.3) is 27.6 Å². The van der Waals surface area contributed by atoms with Crippen molar-refractivity contribution in [2.24, 2.45) is 0 Å². The van der Waals surface area contributed by atoms with Gasteiger partial charge in [-0.25, -0.2) is 19.6 Å². The minimum Gasteiger partial charge on any atom is -0.508 e. The van der Waals surface area contributed by atoms with Crippen LogP contribution in [0.3, 0.4) is 0 Å². The van der Waals surface area contributed by atoms with E-state index in [9.17, 15) is 9.90 Å². The van der Waals surface area contributed by atoms with Crippen molar-refractivity contribution in [3.8, 4) is 33.4 Å². The Balaban J connectivity index is 1.29. The van der Waals surface area contributed by atoms with Gasteiger partial charge in [-0.1, -0.05) is 30.3 Å². The van der Waals surface area contributed by atoms with E-state index in [-0.39, 0.29) is 11.7 Å². The zero-order valence-electron chi connectivity index (χ0n) is 16.6. The minimum absolute atomic E-state index is 0.136. The number of nitrogens with zero attached hydrogens (tertiary/aromatic N) is 5. The second kappa shape index (κ2) is 8.40. The number of anilines is 1. The number of carbonyl (C=O) groups is 1. The second-order valence-corrected chi connectivity index (χ2v) is 7.70. The molecule has 3 aromatic heterocycles. The first-order valence-electron chi connectivity index (χ1n) is 9.64. The summed E-state index contributed by atoms with van der Waals surface area (Å²) in [6, 6.07) is 16.4. The van der Waals surface area contributed by atoms with E-state index >= 15 is 0 Å². The normalized spacial score (nSPS) is 10.8. The lowest BCUT2D eigenvalue weighted by Crippen LogP contribution is -2.12. The van der Waals surface area contributed by atoms with Crippen molar-refractivity contribution in [2.75, 3.05) is 5.32 Å². The SMILES string of the molecule is O=C(Nc1cnc(-c2cccc(O)c2)nc1)c1csc(-c2cnn(-c3ccccc3)c2)n1. The van der Waals surface area contributed by atoms with E-state index in [0.717, 1.165) is 11.3 Å². The molecule has 8 nitrogen and oxygen atoms in total. The topological polar surface area (TPSA) is 106 Å². The summed E-state index contributed by atoms with van der Waals surface area (Å²) < 4.78 is 1.77. The molecular weight excluding hydrogens is 424 g/mol. The van der Waals surface area contributed by atoms with E-state index in [1.807, 2.05) is 36.5 Å². The standard InChI is InChI=1S/C23H16N6O2S/c30-19-8-4-5-15(9-19)21-24-11-17(12-25-21)27-22(31)20-14-32-23(28-20)16-10-26-29(13-16)18-6-2-1-3-7-18/h1-14,30H,(H,27,31). The Morgan fingerprint density at radius 2 is 1.78 bits per heavy atom. The zero-order valence-corrected chi connectivity index (χ0v) is 17.4. The number of hydrogen-bond acceptors (Lipinski definition) is 7. The molecule has 1 amide bonds. The smallest absolute Gasteiger partial charge is 0.275 e. The summed E-state index contributed by atoms with van der Waals surface area (Å²) >= 11 is 1.37. The van der Waals surface area contributed by atoms with E-state index in [2.05, 4.69) is 25.4 Å². The van der Waals surface area contributed by atoms with E-state index in [0.29, 0.717) is 27.8 Å². The Kier molecular flexibility index (Phi) is 5.14. The molecule has 2 aromatic carbocycles. The number of aromatic hydroxyl groups is 1. The molecule has 0 atom stereocenters. The van der Waals surface area contributed by atoms with Gasteiger partial charge in [0.25, 0.3) is 5.91 Å². The highest BCUT2D eigenvalue weighted by Gasteiger charge is 2.14. The number of benzene rings is 2. The van der Waals surface area contributed by atoms with Crippen LogP contribution in [0.15, 0.2) is 84.8 Å². The summed E-state index contributed by atoms with van der Waals surface area (Å²) in [5, 5.41) is 19.1. The van der Waals surface area contributed by atoms with Crippen LogP contribution in [0.5, 0.6) is 5.75 Å². The van der Waals surface area contributed by atoms with E-state index < -0.39 is 0 Å². The van der Waals surface area contributed by atoms with Crippen molar-refractivity contribution in [1.82, 2.24) is 24.7 Å². The monoisotopic (exact) mass is 440 g/mol. The third kappa shape index (κ3) is 4.09. The highest BCUT2D eigenvalue weighted by Crippen LogP contribution is 2.25. The van der Waals surface area contributed by atoms with E-state index in [4.69, 9.17) is 0 Å². The Bertz CT molecular complexity index is 1380. The van der Waals surface area contributed by atoms with Crippen LogP contribution in [0, 0.1) is 0 Å². The van der Waals surface area contributed by atoms with Crippen LogP contribution in [-0.4, -0.2) is 35.7 Å². The molecule has 5 aromatic rings. The number of carbonyl (C=O) groups excluding carboxylic acids is 1. The summed E-state index contributed by atoms with van der Waals surface area (Å²) in [5.41, 5.74) is 3.21. The maximum Gasteiger partial charge on any atom is 0.275 e. The predicted molar refractivity (Wildman–Crippen MR) is 122 cm³/mol. The van der Waals surface area contributed by atoms with Crippen LogP contribution >= 0.6 is 11.3 Å². The number of hydrogen-bond donors (Lipinski definition) is 2. The predicted octanol–water partition coefficient (Wildman–Crippen LogP) is 4.41. The molecule has 9 heteroatoms. The van der Waals surface area contributed by atoms with Crippen molar-refractivity contribution in [2.45, 2.75) is 0 Å². The van der Waals surface area contributed by atoms with Crippen LogP contribution in [-0.2, 0) is 0 Å². The molecule has 0 aliphatic carbocycles. The van der Waals surface area contributed by atoms with Gasteiger partial charge in [0.1, 0.15) is 16.5 Å². The molecule has 0 aliphatic rings. The Morgan fingerprint density at radius 1 is 0.969 bits per heavy atom. The molecule has 0 fully saturated rings. The van der Waals surface area contributed by atoms with Crippen molar-refractivity contribution in [1.29, 1.82) is 0 Å². The Morgan fingerprint density at radius 3 is 2.56 bits per heavy atom. The minimum atomic E-state index is -0.350. The van der Waals surface area contributed by atoms with Gasteiger partial charge in [-0.15, -0.1) is 11.3 Å². The summed E-state index contributed by atoms with van der Waals surface area (Å²) in [4.78, 5) is 25.6. The summed E-state index contributed by atoms with van der Waals surface area (Å²) in [6.45, 7) is 0. The van der Waals surface area contributed by atoms with Crippen molar-refractivity contribution in [3.05, 3.63) is 90.5 Å². The van der Waals surface area contributed by atoms with Gasteiger partial charge in [0.05, 0.1) is 30.0 Å². The van der Waals surface area contributed by atoms with Crippen LogP contribution in [0.2, 0.25) is 0 Å². The fourth-order valence-electron chi connectivity index (χ4n) is 3.05. The highest BCUT2D eigenvalue weighted by atomic mass is 32.1. The number of phenols is 1. The van der Waals surface area contributed by atoms with Gasteiger partial charge in [-0.2, -0.15) is 5.10 Å². The lowest BCUT2D eigenvalue weighted by atomic mass is 10.2. The number of aromatic nitrogens is 5. The van der Waals surface area contributed by atoms with Gasteiger partial charge < -0.3 is 10.4 Å². The first-order chi connectivity index (χ1) is 15.7. The quantitative estimate of drug-likeness (QED) is 0.419. The Hall–Kier alpha value is -4.37. The van der Waals surface area contributed by atoms with E-state index in [1.54, 1.807) is 40.5 Å². The third-order valence-electron chi connectivity index (χ3n) is 4.60. The third-order valence-corrected chi connectivity index (χ3v) is 5.49. The molecule has 0 saturated carbocycles. The molecule has 2 N–H and O–H groups in total. The van der Waals surface area contributed by atoms with Crippen LogP contribution in [0.4, 0.5) is 5.69 Å². The molecular formula is C23H16N6O2S. The first kappa shape index (κ1) is 19.6. The first-order valence-corrected chi connectivity index (χ1v) is 10.5. The maximum absolute atomic E-state index is 12.6. The second-order valence-electron chi connectivity index (χ2n) is 6.85. The molecule has 0 saturated heterocycles. The van der Waals surface area contributed by atoms with Crippen molar-refractivity contribution < 1.29 is 9.90 Å². The molecule has 0 unspecified atom stereocenters. The van der Waals surface area contributed by atoms with Crippen molar-refractivity contribution >= 4 is 22.9 Å². The molecule has 3 heterocycles. The lowest BCUT2D eigenvalue weighted by molar-refractivity contribution is 0.102. The van der Waals surface area contributed by atoms with Gasteiger partial charge >= 0.3 is 0 Å². The summed E-state index contributed by atoms with van der Waals surface area (Å²) in [5.74, 6) is 0.235. The van der Waals surface area contributed by atoms with Gasteiger partial charge in [0, 0.05) is 22.7 Å². The van der Waals surface area contributed by atoms with E-state index in [1.165, 1.54) is 23.7 Å². The van der Waals surface area contributed by atoms with Crippen molar-refractivity contribution in [3.63, 3.8) is 0 Å². The average molecular weight is 440 g/mol. The van der Waals surface area contributed by atoms with Crippen LogP contribution in [0.1, 0.15) is 10.5 Å². The molecule has 32 heavy (non-hydrogen) atoms. The van der Waals surface area contributed by atoms with Gasteiger partial charge in [0.2, 0.25) is 0 Å². The number of phenolic OH excluding ortho intramolecular Hbond substituents is 1. The number of thiazole rings is 1. The molecule has 0 aliphatic heterocycles. The van der Waals surface area contributed by atoms with Gasteiger partial charge in [-0.3, -0.25) is 4.79 Å². The highest BCUT2D eigenvalue weighted by molar-refractivity contribution is 7.13. The summed E-state index contributed by atoms with van der Waals surface area (Å²) in [6.07, 6.45) is 6.63. The molecule has 5 rings (SSSR count). The maximum atomic E-state index is 12.6. The average Bonchev–Trinajstić information content (AvgIpc) is 3.50. The number of rotatable bonds is 5. The van der Waals surface area contributed by atoms with Gasteiger partial charge in [-0.05, 0) is 24.3 Å². The number of para-hydroxylation sites is 1. The number of amides is 1. The number of nitrogens with one attached hydrogen (secondary N) is 1. The largest absolute Gasteiger partial charge is 0.508 e. The summed E-state index contributed by atoms with van der Waals surface area (Å²) in [7, 11) is 0. The molecule has 0 spiro atoms. The fraction of sp³-hybridized carbons (Fsp3) is 0. The zero-order chi connectivity index (χ0) is 21.9. The van der Waals surface area contributed by atoms with Crippen LogP contribution < -0.4 is 5.32 Å². The Labute approximate surface area is 186 Å². The molecule has 156 valence electrons.